The average molecular weight is 591 g/mol. The number of thioether (sulfide) groups is 1. The van der Waals surface area contributed by atoms with Crippen LogP contribution in [-0.2, 0) is 24.5 Å². The van der Waals surface area contributed by atoms with Crippen molar-refractivity contribution < 1.29 is 28.2 Å². The Hall–Kier alpha value is -1.76. The fourth-order valence-corrected chi connectivity index (χ4v) is 5.12. The van der Waals surface area contributed by atoms with Crippen LogP contribution in [0.15, 0.2) is 32.7 Å². The number of esters is 1. The molecule has 0 aliphatic carbocycles. The van der Waals surface area contributed by atoms with Gasteiger partial charge in [0.1, 0.15) is 17.9 Å². The third-order valence-electron chi connectivity index (χ3n) is 4.74. The number of ether oxygens (including phenoxy) is 3. The summed E-state index contributed by atoms with van der Waals surface area (Å²) in [7, 11) is -0.113. The number of halogens is 2. The van der Waals surface area contributed by atoms with E-state index < -0.39 is 37.2 Å². The van der Waals surface area contributed by atoms with E-state index in [0.29, 0.717) is 11.1 Å². The lowest BCUT2D eigenvalue weighted by Crippen LogP contribution is -2.43. The van der Waals surface area contributed by atoms with Gasteiger partial charge in [-0.25, -0.2) is 24.5 Å². The number of aromatic nitrogens is 1. The van der Waals surface area contributed by atoms with Gasteiger partial charge in [-0.2, -0.15) is 4.39 Å². The smallest absolute Gasteiger partial charge is 0.418 e. The van der Waals surface area contributed by atoms with Gasteiger partial charge in [-0.15, -0.1) is 0 Å². The second-order valence-corrected chi connectivity index (χ2v) is 17.9. The Morgan fingerprint density at radius 2 is 1.94 bits per heavy atom. The Bertz CT molecular complexity index is 1030. The standard InChI is InChI=1S/C23H33BrFN3O5SSi/c1-22(2,3)33-21(30)28(14-32-9-10-35(6,7)8)20-27-23(4,12-17(34-20)19(29)31-5)16-11-15(24)13-26-18(16)25/h11-13H,9-10,14H2,1-8H3/t23-/m0/s1. The third-order valence-corrected chi connectivity index (χ3v) is 7.88. The highest BCUT2D eigenvalue weighted by atomic mass is 79.9. The molecule has 1 atom stereocenters. The van der Waals surface area contributed by atoms with Crippen molar-refractivity contribution in [2.45, 2.75) is 64.5 Å². The molecule has 8 nitrogen and oxygen atoms in total. The molecule has 35 heavy (non-hydrogen) atoms. The molecule has 0 fully saturated rings. The Labute approximate surface area is 219 Å². The number of aliphatic imine (C=N–C) groups is 1. The molecule has 1 aliphatic heterocycles. The summed E-state index contributed by atoms with van der Waals surface area (Å²) in [6, 6.07) is 2.43. The summed E-state index contributed by atoms with van der Waals surface area (Å²) < 4.78 is 31.7. The number of carbonyl (C=O) groups is 2. The largest absolute Gasteiger partial charge is 0.465 e. The third kappa shape index (κ3) is 8.69. The first-order valence-corrected chi connectivity index (χ1v) is 16.3. The van der Waals surface area contributed by atoms with Gasteiger partial charge in [-0.3, -0.25) is 0 Å². The summed E-state index contributed by atoms with van der Waals surface area (Å²) in [5.41, 5.74) is -2.02. The number of hydrogen-bond acceptors (Lipinski definition) is 8. The highest BCUT2D eigenvalue weighted by Gasteiger charge is 2.38. The first-order valence-electron chi connectivity index (χ1n) is 11.0. The molecule has 2 rings (SSSR count). The van der Waals surface area contributed by atoms with Crippen molar-refractivity contribution in [1.29, 1.82) is 0 Å². The molecule has 0 unspecified atom stereocenters. The van der Waals surface area contributed by atoms with E-state index in [1.807, 2.05) is 0 Å². The van der Waals surface area contributed by atoms with E-state index in [-0.39, 0.29) is 22.4 Å². The number of amidine groups is 1. The van der Waals surface area contributed by atoms with Crippen LogP contribution in [0.3, 0.4) is 0 Å². The van der Waals surface area contributed by atoms with E-state index in [2.05, 4.69) is 45.5 Å². The van der Waals surface area contributed by atoms with E-state index in [0.717, 1.165) is 17.8 Å². The molecule has 0 bridgehead atoms. The quantitative estimate of drug-likeness (QED) is 0.128. The summed E-state index contributed by atoms with van der Waals surface area (Å²) in [6.07, 6.45) is 2.13. The average Bonchev–Trinajstić information content (AvgIpc) is 2.72. The monoisotopic (exact) mass is 589 g/mol. The summed E-state index contributed by atoms with van der Waals surface area (Å²) in [6.45, 7) is 13.9. The maximum atomic E-state index is 14.8. The van der Waals surface area contributed by atoms with Gasteiger partial charge in [0.05, 0.1) is 12.0 Å². The molecule has 0 aromatic carbocycles. The molecule has 1 amide bonds. The van der Waals surface area contributed by atoms with Crippen LogP contribution < -0.4 is 0 Å². The lowest BCUT2D eigenvalue weighted by atomic mass is 9.93. The molecule has 12 heteroatoms. The second-order valence-electron chi connectivity index (χ2n) is 10.4. The van der Waals surface area contributed by atoms with Crippen molar-refractivity contribution in [2.24, 2.45) is 4.99 Å². The molecule has 1 aromatic heterocycles. The molecular formula is C23H33BrFN3O5SSi. The van der Waals surface area contributed by atoms with Gasteiger partial charge in [-0.1, -0.05) is 19.6 Å². The minimum atomic E-state index is -1.36. The maximum Gasteiger partial charge on any atom is 0.418 e. The maximum absolute atomic E-state index is 14.8. The fourth-order valence-electron chi connectivity index (χ4n) is 2.91. The molecular weight excluding hydrogens is 557 g/mol. The molecule has 1 aromatic rings. The number of methoxy groups -OCH3 is 1. The molecule has 0 radical (unpaired) electrons. The molecule has 194 valence electrons. The van der Waals surface area contributed by atoms with Crippen LogP contribution in [0, 0.1) is 5.95 Å². The van der Waals surface area contributed by atoms with E-state index in [1.54, 1.807) is 27.7 Å². The lowest BCUT2D eigenvalue weighted by molar-refractivity contribution is -0.135. The first-order chi connectivity index (χ1) is 16.0. The zero-order chi connectivity index (χ0) is 26.6. The summed E-state index contributed by atoms with van der Waals surface area (Å²) in [5.74, 6) is -1.39. The van der Waals surface area contributed by atoms with Gasteiger partial charge in [0.2, 0.25) is 5.95 Å². The van der Waals surface area contributed by atoms with Gasteiger partial charge < -0.3 is 14.2 Å². The zero-order valence-electron chi connectivity index (χ0n) is 21.4. The van der Waals surface area contributed by atoms with Crippen LogP contribution in [0.1, 0.15) is 33.3 Å². The number of rotatable bonds is 7. The van der Waals surface area contributed by atoms with E-state index in [1.165, 1.54) is 30.3 Å². The molecule has 0 saturated heterocycles. The number of amides is 1. The Balaban J connectivity index is 2.53. The number of carbonyl (C=O) groups excluding carboxylic acids is 2. The van der Waals surface area contributed by atoms with E-state index >= 15 is 0 Å². The van der Waals surface area contributed by atoms with Gasteiger partial charge in [0.25, 0.3) is 0 Å². The normalized spacial score (nSPS) is 18.5. The van der Waals surface area contributed by atoms with Crippen molar-refractivity contribution >= 4 is 53.0 Å². The van der Waals surface area contributed by atoms with Crippen molar-refractivity contribution in [2.75, 3.05) is 20.4 Å². The second kappa shape index (κ2) is 11.5. The van der Waals surface area contributed by atoms with Crippen molar-refractivity contribution in [3.05, 3.63) is 39.2 Å². The van der Waals surface area contributed by atoms with Crippen molar-refractivity contribution in [3.63, 3.8) is 0 Å². The summed E-state index contributed by atoms with van der Waals surface area (Å²) >= 11 is 4.24. The highest BCUT2D eigenvalue weighted by Crippen LogP contribution is 2.40. The van der Waals surface area contributed by atoms with Crippen LogP contribution >= 0.6 is 27.7 Å². The van der Waals surface area contributed by atoms with Crippen LogP contribution in [0.4, 0.5) is 9.18 Å². The van der Waals surface area contributed by atoms with Crippen LogP contribution in [0.2, 0.25) is 25.7 Å². The zero-order valence-corrected chi connectivity index (χ0v) is 24.8. The van der Waals surface area contributed by atoms with Crippen molar-refractivity contribution in [1.82, 2.24) is 9.88 Å². The number of nitrogens with zero attached hydrogens (tertiary/aromatic N) is 3. The van der Waals surface area contributed by atoms with Crippen LogP contribution in [-0.4, -0.2) is 61.2 Å². The van der Waals surface area contributed by atoms with Gasteiger partial charge in [0.15, 0.2) is 5.17 Å². The Kier molecular flexibility index (Phi) is 9.71. The van der Waals surface area contributed by atoms with Gasteiger partial charge in [-0.05, 0) is 73.6 Å². The number of hydrogen-bond donors (Lipinski definition) is 0. The molecule has 0 spiro atoms. The first kappa shape index (κ1) is 29.5. The summed E-state index contributed by atoms with van der Waals surface area (Å²) in [5, 5.41) is 0.122. The van der Waals surface area contributed by atoms with E-state index in [4.69, 9.17) is 14.2 Å². The minimum Gasteiger partial charge on any atom is -0.465 e. The minimum absolute atomic E-state index is 0.120. The lowest BCUT2D eigenvalue weighted by Gasteiger charge is -2.33. The molecule has 1 aliphatic rings. The van der Waals surface area contributed by atoms with Gasteiger partial charge >= 0.3 is 12.1 Å². The van der Waals surface area contributed by atoms with Gasteiger partial charge in [0, 0.05) is 30.9 Å². The fraction of sp³-hybridized carbons (Fsp3) is 0.565. The van der Waals surface area contributed by atoms with E-state index in [9.17, 15) is 14.0 Å². The summed E-state index contributed by atoms with van der Waals surface area (Å²) in [4.78, 5) is 35.5. The van der Waals surface area contributed by atoms with Crippen molar-refractivity contribution in [3.8, 4) is 0 Å². The topological polar surface area (TPSA) is 90.3 Å². The molecule has 0 saturated carbocycles. The number of pyridine rings is 1. The van der Waals surface area contributed by atoms with Crippen LogP contribution in [0.25, 0.3) is 0 Å². The molecule has 0 N–H and O–H groups in total. The molecule has 2 heterocycles. The highest BCUT2D eigenvalue weighted by molar-refractivity contribution is 9.10. The van der Waals surface area contributed by atoms with Crippen LogP contribution in [0.5, 0.6) is 0 Å². The SMILES string of the molecule is COC(=O)C1=C[C@@](C)(c2cc(Br)cnc2F)N=C(N(COCC[Si](C)(C)C)C(=O)OC(C)(C)C)S1. The Morgan fingerprint density at radius 3 is 2.51 bits per heavy atom. The predicted octanol–water partition coefficient (Wildman–Crippen LogP) is 5.91. The Morgan fingerprint density at radius 1 is 1.29 bits per heavy atom. The predicted molar refractivity (Wildman–Crippen MR) is 141 cm³/mol.